The number of nitriles is 1. The number of anilines is 4. The minimum atomic E-state index is -0.345. The van der Waals surface area contributed by atoms with Gasteiger partial charge in [-0.15, -0.1) is 11.3 Å². The summed E-state index contributed by atoms with van der Waals surface area (Å²) in [5.74, 6) is -0.345. The second-order valence-electron chi connectivity index (χ2n) is 19.8. The van der Waals surface area contributed by atoms with Crippen LogP contribution in [-0.4, -0.2) is 41.5 Å². The summed E-state index contributed by atoms with van der Waals surface area (Å²) < 4.78 is 7.97. The number of para-hydroxylation sites is 3. The molecule has 0 saturated heterocycles. The molecule has 6 aromatic rings. The van der Waals surface area contributed by atoms with E-state index in [9.17, 15) is 10.1 Å². The first-order valence-corrected chi connectivity index (χ1v) is 27.7. The van der Waals surface area contributed by atoms with Gasteiger partial charge in [-0.2, -0.15) is 9.84 Å². The largest absolute Gasteiger partial charge is 0.462 e. The van der Waals surface area contributed by atoms with Crippen molar-refractivity contribution >= 4 is 67.9 Å². The third-order valence-electron chi connectivity index (χ3n) is 14.7. The molecule has 2 fully saturated rings. The average Bonchev–Trinajstić information content (AvgIpc) is 3.80. The summed E-state index contributed by atoms with van der Waals surface area (Å²) in [6.45, 7) is 8.60. The summed E-state index contributed by atoms with van der Waals surface area (Å²) in [7, 11) is 0. The molecule has 1 heterocycles. The second-order valence-corrected chi connectivity index (χ2v) is 21.2. The van der Waals surface area contributed by atoms with Crippen LogP contribution in [0.3, 0.4) is 0 Å². The van der Waals surface area contributed by atoms with Crippen molar-refractivity contribution in [2.45, 2.75) is 116 Å². The molecular formula is C65H68ClN4O2S+. The number of aryl methyl sites for hydroxylation is 1. The van der Waals surface area contributed by atoms with Gasteiger partial charge in [-0.05, 0) is 124 Å². The number of nitrogens with zero attached hydrogens (tertiary/aromatic N) is 4. The zero-order valence-corrected chi connectivity index (χ0v) is 44.2. The molecule has 0 radical (unpaired) electrons. The molecule has 0 N–H and O–H groups in total. The molecule has 1 aromatic heterocycles. The molecule has 372 valence electrons. The average molecular weight is 1000 g/mol. The SMILES string of the molecule is C=C(C)C(=O)OCCCCCCN(c1ccccc1C)c1sc(C(=C2C=CC(=[N+](c3ccccc3)C3CCCCC3)C=C2)c2ccc(N(c3ccccc3)C3CCCCC3)cc2)c(-c2ccccc2Cl)c1C#N. The Morgan fingerprint density at radius 3 is 2.03 bits per heavy atom. The molecule has 0 bridgehead atoms. The molecule has 9 rings (SSSR count). The van der Waals surface area contributed by atoms with Crippen LogP contribution in [0.5, 0.6) is 0 Å². The van der Waals surface area contributed by atoms with Gasteiger partial charge in [0.25, 0.3) is 0 Å². The highest BCUT2D eigenvalue weighted by atomic mass is 35.5. The number of esters is 1. The minimum Gasteiger partial charge on any atom is -0.462 e. The summed E-state index contributed by atoms with van der Waals surface area (Å²) in [5.41, 5.74) is 12.9. The summed E-state index contributed by atoms with van der Waals surface area (Å²) >= 11 is 8.95. The van der Waals surface area contributed by atoms with Gasteiger partial charge in [-0.1, -0.05) is 135 Å². The van der Waals surface area contributed by atoms with E-state index >= 15 is 0 Å². The van der Waals surface area contributed by atoms with Gasteiger partial charge in [0.1, 0.15) is 11.1 Å². The Morgan fingerprint density at radius 1 is 0.740 bits per heavy atom. The standard InChI is InChI=1S/C65H68ClN4O2S/c1-47(2)65(71)72-45-23-5-4-22-44-68(60-35-21-18-24-48(60)3)64-58(46-67)62(57-33-19-20-34-59(57)66)63(73-64)61(49-36-40-55(41-37-49)69(51-25-10-6-11-26-51)52-27-12-7-13-28-52)50-38-42-56(43-39-50)70(53-29-14-8-15-30-53)54-31-16-9-17-32-54/h6,8,10-11,14-15,18-21,24-26,29-30,33-43,52,54H,1,4-5,7,9,12-13,16-17,22-23,27-28,31-32,44-45H2,2-3H3/q+1. The molecule has 3 aliphatic rings. The van der Waals surface area contributed by atoms with E-state index in [-0.39, 0.29) is 5.97 Å². The number of hydrogen-bond donors (Lipinski definition) is 0. The van der Waals surface area contributed by atoms with Crippen LogP contribution in [0.1, 0.15) is 118 Å². The fraction of sp³-hybridized carbons (Fsp3) is 0.308. The number of unbranched alkanes of at least 4 members (excludes halogenated alkanes) is 3. The predicted molar refractivity (Wildman–Crippen MR) is 306 cm³/mol. The van der Waals surface area contributed by atoms with E-state index in [4.69, 9.17) is 16.3 Å². The van der Waals surface area contributed by atoms with Crippen molar-refractivity contribution in [1.29, 1.82) is 5.26 Å². The molecule has 6 nitrogen and oxygen atoms in total. The third-order valence-corrected chi connectivity index (χ3v) is 16.3. The number of hydrogen-bond acceptors (Lipinski definition) is 6. The van der Waals surface area contributed by atoms with E-state index in [0.29, 0.717) is 41.4 Å². The van der Waals surface area contributed by atoms with Crippen molar-refractivity contribution < 1.29 is 14.1 Å². The molecule has 8 heteroatoms. The molecule has 0 unspecified atom stereocenters. The Labute approximate surface area is 442 Å². The van der Waals surface area contributed by atoms with Crippen LogP contribution in [0, 0.1) is 18.3 Å². The predicted octanol–water partition coefficient (Wildman–Crippen LogP) is 17.6. The molecular weight excluding hydrogens is 936 g/mol. The number of carbonyl (C=O) groups is 1. The summed E-state index contributed by atoms with van der Waals surface area (Å²) in [6, 6.07) is 51.0. The highest BCUT2D eigenvalue weighted by Crippen LogP contribution is 2.51. The molecule has 2 saturated carbocycles. The topological polar surface area (TPSA) is 59.6 Å². The Morgan fingerprint density at radius 2 is 1.36 bits per heavy atom. The van der Waals surface area contributed by atoms with Crippen molar-refractivity contribution in [3.05, 3.63) is 202 Å². The quantitative estimate of drug-likeness (QED) is 0.0372. The van der Waals surface area contributed by atoms with E-state index in [1.807, 2.05) is 18.2 Å². The van der Waals surface area contributed by atoms with E-state index < -0.39 is 0 Å². The fourth-order valence-corrected chi connectivity index (χ4v) is 12.6. The monoisotopic (exact) mass is 1000 g/mol. The first-order valence-electron chi connectivity index (χ1n) is 26.5. The van der Waals surface area contributed by atoms with Gasteiger partial charge in [0.2, 0.25) is 11.4 Å². The molecule has 0 atom stereocenters. The van der Waals surface area contributed by atoms with E-state index in [1.54, 1.807) is 18.3 Å². The van der Waals surface area contributed by atoms with Gasteiger partial charge >= 0.3 is 5.97 Å². The maximum atomic E-state index is 12.1. The Balaban J connectivity index is 1.21. The summed E-state index contributed by atoms with van der Waals surface area (Å²) in [4.78, 5) is 18.0. The summed E-state index contributed by atoms with van der Waals surface area (Å²) in [5, 5.41) is 13.1. The van der Waals surface area contributed by atoms with Crippen LogP contribution in [0.25, 0.3) is 16.7 Å². The number of thiophene rings is 1. The first kappa shape index (κ1) is 51.2. The van der Waals surface area contributed by atoms with Crippen LogP contribution in [0.2, 0.25) is 5.02 Å². The Hall–Kier alpha value is -6.72. The van der Waals surface area contributed by atoms with Gasteiger partial charge in [0.15, 0.2) is 6.04 Å². The maximum absolute atomic E-state index is 12.1. The number of ether oxygens (including phenoxy) is 1. The number of halogens is 1. The lowest BCUT2D eigenvalue weighted by Crippen LogP contribution is -2.32. The lowest BCUT2D eigenvalue weighted by atomic mass is 9.89. The molecule has 3 aliphatic carbocycles. The van der Waals surface area contributed by atoms with Crippen LogP contribution >= 0.6 is 22.9 Å². The number of benzene rings is 5. The van der Waals surface area contributed by atoms with Crippen molar-refractivity contribution in [3.63, 3.8) is 0 Å². The number of rotatable bonds is 18. The van der Waals surface area contributed by atoms with Crippen LogP contribution in [-0.2, 0) is 9.53 Å². The number of carbonyl (C=O) groups excluding carboxylic acids is 1. The van der Waals surface area contributed by atoms with Crippen LogP contribution < -0.4 is 9.80 Å². The van der Waals surface area contributed by atoms with E-state index in [0.717, 1.165) is 74.6 Å². The van der Waals surface area contributed by atoms with Crippen molar-refractivity contribution in [2.75, 3.05) is 23.0 Å². The van der Waals surface area contributed by atoms with Crippen LogP contribution in [0.15, 0.2) is 175 Å². The zero-order chi connectivity index (χ0) is 50.5. The van der Waals surface area contributed by atoms with E-state index in [1.165, 1.54) is 87.0 Å². The lowest BCUT2D eigenvalue weighted by Gasteiger charge is -2.36. The molecule has 5 aromatic carbocycles. The minimum absolute atomic E-state index is 0.345. The smallest absolute Gasteiger partial charge is 0.333 e. The molecule has 73 heavy (non-hydrogen) atoms. The molecule has 0 amide bonds. The van der Waals surface area contributed by atoms with Gasteiger partial charge in [-0.25, -0.2) is 4.79 Å². The van der Waals surface area contributed by atoms with Crippen molar-refractivity contribution in [2.24, 2.45) is 0 Å². The molecule has 0 spiro atoms. The van der Waals surface area contributed by atoms with E-state index in [2.05, 4.69) is 174 Å². The Kier molecular flexibility index (Phi) is 17.4. The fourth-order valence-electron chi connectivity index (χ4n) is 11.0. The number of allylic oxidation sites excluding steroid dienone is 5. The molecule has 0 aliphatic heterocycles. The maximum Gasteiger partial charge on any atom is 0.333 e. The van der Waals surface area contributed by atoms with Crippen molar-refractivity contribution in [1.82, 2.24) is 0 Å². The zero-order valence-electron chi connectivity index (χ0n) is 42.6. The van der Waals surface area contributed by atoms with Crippen LogP contribution in [0.4, 0.5) is 27.8 Å². The highest BCUT2D eigenvalue weighted by Gasteiger charge is 2.32. The van der Waals surface area contributed by atoms with Gasteiger partial charge in [0.05, 0.1) is 12.2 Å². The van der Waals surface area contributed by atoms with Gasteiger partial charge < -0.3 is 14.5 Å². The van der Waals surface area contributed by atoms with Gasteiger partial charge in [-0.3, -0.25) is 0 Å². The van der Waals surface area contributed by atoms with Crippen molar-refractivity contribution in [3.8, 4) is 17.2 Å². The normalized spacial score (nSPS) is 14.9. The lowest BCUT2D eigenvalue weighted by molar-refractivity contribution is -0.488. The van der Waals surface area contributed by atoms with Gasteiger partial charge in [0, 0.05) is 98.9 Å². The Bertz CT molecular complexity index is 3020. The summed E-state index contributed by atoms with van der Waals surface area (Å²) in [6.07, 6.45) is 24.9. The third kappa shape index (κ3) is 12.1. The first-order chi connectivity index (χ1) is 35.8. The highest BCUT2D eigenvalue weighted by molar-refractivity contribution is 7.18. The second kappa shape index (κ2) is 24.8.